The Hall–Kier alpha value is -0.570. The summed E-state index contributed by atoms with van der Waals surface area (Å²) in [5.41, 5.74) is 0. The van der Waals surface area contributed by atoms with Crippen LogP contribution in [0.1, 0.15) is 32.6 Å². The van der Waals surface area contributed by atoms with Crippen LogP contribution in [0.25, 0.3) is 0 Å². The minimum atomic E-state index is 0.417. The monoisotopic (exact) mass is 222 g/mol. The van der Waals surface area contributed by atoms with Crippen LogP contribution < -0.4 is 5.32 Å². The summed E-state index contributed by atoms with van der Waals surface area (Å²) in [6, 6.07) is 0.494. The lowest BCUT2D eigenvalue weighted by Gasteiger charge is -2.38. The maximum atomic E-state index is 12.4. The molecule has 1 saturated heterocycles. The fourth-order valence-corrected chi connectivity index (χ4v) is 3.59. The molecule has 3 aliphatic rings. The van der Waals surface area contributed by atoms with Gasteiger partial charge in [0.2, 0.25) is 5.91 Å². The van der Waals surface area contributed by atoms with Gasteiger partial charge in [-0.1, -0.05) is 13.3 Å². The van der Waals surface area contributed by atoms with Crippen LogP contribution in [-0.4, -0.2) is 36.5 Å². The van der Waals surface area contributed by atoms with Crippen molar-refractivity contribution in [2.45, 2.75) is 38.6 Å². The van der Waals surface area contributed by atoms with Crippen LogP contribution in [0.2, 0.25) is 0 Å². The second-order valence-corrected chi connectivity index (χ2v) is 5.63. The minimum Gasteiger partial charge on any atom is -0.337 e. The SMILES string of the molecule is CCCN(C(=O)C1C2CCCC21)C1CNC1. The molecule has 0 bridgehead atoms. The molecule has 2 unspecified atom stereocenters. The molecule has 1 N–H and O–H groups in total. The van der Waals surface area contributed by atoms with Gasteiger partial charge in [0.15, 0.2) is 0 Å². The van der Waals surface area contributed by atoms with Crippen molar-refractivity contribution in [1.82, 2.24) is 10.2 Å². The third-order valence-corrected chi connectivity index (χ3v) is 4.64. The van der Waals surface area contributed by atoms with E-state index in [1.807, 2.05) is 0 Å². The first-order valence-corrected chi connectivity index (χ1v) is 6.84. The van der Waals surface area contributed by atoms with Gasteiger partial charge in [-0.3, -0.25) is 4.79 Å². The number of fused-ring (bicyclic) bond motifs is 1. The zero-order valence-electron chi connectivity index (χ0n) is 10.1. The van der Waals surface area contributed by atoms with Gasteiger partial charge in [-0.15, -0.1) is 0 Å². The average Bonchev–Trinajstić information content (AvgIpc) is 2.67. The molecule has 1 aliphatic heterocycles. The Balaban J connectivity index is 1.62. The van der Waals surface area contributed by atoms with E-state index in [4.69, 9.17) is 0 Å². The van der Waals surface area contributed by atoms with Crippen LogP contribution in [0.5, 0.6) is 0 Å². The van der Waals surface area contributed by atoms with Gasteiger partial charge >= 0.3 is 0 Å². The zero-order chi connectivity index (χ0) is 11.1. The normalized spacial score (nSPS) is 36.7. The van der Waals surface area contributed by atoms with Gasteiger partial charge in [-0.2, -0.15) is 0 Å². The third kappa shape index (κ3) is 1.56. The number of hydrogen-bond acceptors (Lipinski definition) is 2. The minimum absolute atomic E-state index is 0.417. The van der Waals surface area contributed by atoms with E-state index in [1.165, 1.54) is 19.3 Å². The smallest absolute Gasteiger partial charge is 0.226 e. The molecule has 0 aromatic heterocycles. The molecule has 0 aromatic rings. The molecule has 2 atom stereocenters. The summed E-state index contributed by atoms with van der Waals surface area (Å²) in [6.45, 7) is 5.14. The Kier molecular flexibility index (Phi) is 2.66. The van der Waals surface area contributed by atoms with Crippen molar-refractivity contribution in [2.24, 2.45) is 17.8 Å². The van der Waals surface area contributed by atoms with Crippen molar-refractivity contribution in [3.63, 3.8) is 0 Å². The highest BCUT2D eigenvalue weighted by Crippen LogP contribution is 2.58. The second-order valence-electron chi connectivity index (χ2n) is 5.63. The lowest BCUT2D eigenvalue weighted by atomic mass is 10.1. The van der Waals surface area contributed by atoms with Crippen molar-refractivity contribution < 1.29 is 4.79 Å². The highest BCUT2D eigenvalue weighted by Gasteiger charge is 2.57. The largest absolute Gasteiger partial charge is 0.337 e. The number of carbonyl (C=O) groups is 1. The number of amides is 1. The maximum Gasteiger partial charge on any atom is 0.226 e. The van der Waals surface area contributed by atoms with Crippen LogP contribution in [-0.2, 0) is 4.79 Å². The van der Waals surface area contributed by atoms with Gasteiger partial charge in [0.25, 0.3) is 0 Å². The quantitative estimate of drug-likeness (QED) is 0.776. The van der Waals surface area contributed by atoms with Crippen LogP contribution in [0.3, 0.4) is 0 Å². The highest BCUT2D eigenvalue weighted by atomic mass is 16.2. The van der Waals surface area contributed by atoms with Gasteiger partial charge < -0.3 is 10.2 Å². The molecule has 3 nitrogen and oxygen atoms in total. The molecule has 1 amide bonds. The molecule has 3 rings (SSSR count). The molecule has 0 aromatic carbocycles. The van der Waals surface area contributed by atoms with Crippen LogP contribution in [0.15, 0.2) is 0 Å². The molecular weight excluding hydrogens is 200 g/mol. The first-order chi connectivity index (χ1) is 7.83. The maximum absolute atomic E-state index is 12.4. The van der Waals surface area contributed by atoms with E-state index in [2.05, 4.69) is 17.1 Å². The van der Waals surface area contributed by atoms with Crippen molar-refractivity contribution in [2.75, 3.05) is 19.6 Å². The van der Waals surface area contributed by atoms with Gasteiger partial charge in [0.1, 0.15) is 0 Å². The lowest BCUT2D eigenvalue weighted by molar-refractivity contribution is -0.136. The standard InChI is InChI=1S/C13H22N2O/c1-2-6-15(9-7-14-8-9)13(16)12-10-4-3-5-11(10)12/h9-12,14H,2-8H2,1H3. The molecule has 0 radical (unpaired) electrons. The fraction of sp³-hybridized carbons (Fsp3) is 0.923. The number of carbonyl (C=O) groups excluding carboxylic acids is 1. The zero-order valence-corrected chi connectivity index (χ0v) is 10.1. The van der Waals surface area contributed by atoms with E-state index in [0.29, 0.717) is 17.9 Å². The van der Waals surface area contributed by atoms with Crippen molar-refractivity contribution in [3.8, 4) is 0 Å². The number of rotatable bonds is 4. The molecule has 2 saturated carbocycles. The second kappa shape index (κ2) is 4.02. The summed E-state index contributed by atoms with van der Waals surface area (Å²) in [5.74, 6) is 2.42. The molecule has 16 heavy (non-hydrogen) atoms. The Morgan fingerprint density at radius 3 is 2.50 bits per heavy atom. The van der Waals surface area contributed by atoms with E-state index in [0.717, 1.165) is 37.9 Å². The Bertz CT molecular complexity index is 278. The predicted octanol–water partition coefficient (Wildman–Crippen LogP) is 1.24. The Morgan fingerprint density at radius 2 is 2.00 bits per heavy atom. The molecule has 2 aliphatic carbocycles. The van der Waals surface area contributed by atoms with E-state index in [9.17, 15) is 4.79 Å². The van der Waals surface area contributed by atoms with Crippen molar-refractivity contribution in [1.29, 1.82) is 0 Å². The molecule has 3 heteroatoms. The molecule has 1 heterocycles. The average molecular weight is 222 g/mol. The van der Waals surface area contributed by atoms with E-state index >= 15 is 0 Å². The first kappa shape index (κ1) is 10.6. The van der Waals surface area contributed by atoms with E-state index in [1.54, 1.807) is 0 Å². The number of hydrogen-bond donors (Lipinski definition) is 1. The predicted molar refractivity (Wildman–Crippen MR) is 63.0 cm³/mol. The summed E-state index contributed by atoms with van der Waals surface area (Å²) < 4.78 is 0. The Labute approximate surface area is 97.6 Å². The van der Waals surface area contributed by atoms with Crippen LogP contribution >= 0.6 is 0 Å². The third-order valence-electron chi connectivity index (χ3n) is 4.64. The summed E-state index contributed by atoms with van der Waals surface area (Å²) in [5, 5.41) is 3.27. The van der Waals surface area contributed by atoms with E-state index < -0.39 is 0 Å². The summed E-state index contributed by atoms with van der Waals surface area (Å²) in [4.78, 5) is 14.6. The van der Waals surface area contributed by atoms with E-state index in [-0.39, 0.29) is 0 Å². The summed E-state index contributed by atoms with van der Waals surface area (Å²) in [7, 11) is 0. The first-order valence-electron chi connectivity index (χ1n) is 6.84. The van der Waals surface area contributed by atoms with Gasteiger partial charge in [0, 0.05) is 25.6 Å². The van der Waals surface area contributed by atoms with Crippen molar-refractivity contribution in [3.05, 3.63) is 0 Å². The Morgan fingerprint density at radius 1 is 1.31 bits per heavy atom. The van der Waals surface area contributed by atoms with Crippen molar-refractivity contribution >= 4 is 5.91 Å². The van der Waals surface area contributed by atoms with Gasteiger partial charge in [0.05, 0.1) is 6.04 Å². The fourth-order valence-electron chi connectivity index (χ4n) is 3.59. The van der Waals surface area contributed by atoms with Crippen LogP contribution in [0, 0.1) is 17.8 Å². The number of nitrogens with zero attached hydrogens (tertiary/aromatic N) is 1. The topological polar surface area (TPSA) is 32.3 Å². The summed E-state index contributed by atoms with van der Waals surface area (Å²) >= 11 is 0. The lowest BCUT2D eigenvalue weighted by Crippen LogP contribution is -2.59. The number of nitrogens with one attached hydrogen (secondary N) is 1. The molecule has 0 spiro atoms. The van der Waals surface area contributed by atoms with Crippen LogP contribution in [0.4, 0.5) is 0 Å². The molecule has 3 fully saturated rings. The van der Waals surface area contributed by atoms with Gasteiger partial charge in [-0.05, 0) is 31.1 Å². The summed E-state index contributed by atoms with van der Waals surface area (Å²) in [6.07, 6.45) is 5.07. The molecular formula is C13H22N2O. The molecule has 90 valence electrons. The van der Waals surface area contributed by atoms with Gasteiger partial charge in [-0.25, -0.2) is 0 Å². The highest BCUT2D eigenvalue weighted by molar-refractivity contribution is 5.83.